The van der Waals surface area contributed by atoms with Crippen LogP contribution in [0, 0.1) is 5.92 Å². The highest BCUT2D eigenvalue weighted by atomic mass is 16.5. The molecule has 5 nitrogen and oxygen atoms in total. The van der Waals surface area contributed by atoms with E-state index in [1.165, 1.54) is 0 Å². The third-order valence-electron chi connectivity index (χ3n) is 4.29. The molecule has 1 aliphatic heterocycles. The van der Waals surface area contributed by atoms with Crippen LogP contribution >= 0.6 is 0 Å². The summed E-state index contributed by atoms with van der Waals surface area (Å²) in [5.41, 5.74) is -0.739. The maximum absolute atomic E-state index is 12.9. The molecular formula is C16H30N2O3. The monoisotopic (exact) mass is 298 g/mol. The van der Waals surface area contributed by atoms with Crippen LogP contribution in [0.5, 0.6) is 0 Å². The number of hydrogen-bond donors (Lipinski definition) is 1. The third kappa shape index (κ3) is 3.96. The lowest BCUT2D eigenvalue weighted by atomic mass is 9.85. The van der Waals surface area contributed by atoms with Gasteiger partial charge in [0.15, 0.2) is 0 Å². The Morgan fingerprint density at radius 2 is 1.86 bits per heavy atom. The molecular weight excluding hydrogens is 268 g/mol. The quantitative estimate of drug-likeness (QED) is 0.697. The summed E-state index contributed by atoms with van der Waals surface area (Å²) in [6, 6.07) is -0.371. The first kappa shape index (κ1) is 18.0. The maximum atomic E-state index is 12.9. The van der Waals surface area contributed by atoms with Crippen LogP contribution in [0.2, 0.25) is 0 Å². The van der Waals surface area contributed by atoms with Gasteiger partial charge in [0.2, 0.25) is 11.8 Å². The molecule has 5 heteroatoms. The van der Waals surface area contributed by atoms with E-state index in [0.29, 0.717) is 44.9 Å². The summed E-state index contributed by atoms with van der Waals surface area (Å²) >= 11 is 0. The number of rotatable bonds is 8. The van der Waals surface area contributed by atoms with E-state index >= 15 is 0 Å². The average Bonchev–Trinajstić information content (AvgIpc) is 2.45. The molecule has 0 bridgehead atoms. The molecule has 0 aliphatic carbocycles. The topological polar surface area (TPSA) is 58.6 Å². The van der Waals surface area contributed by atoms with Crippen molar-refractivity contribution in [3.05, 3.63) is 0 Å². The highest BCUT2D eigenvalue weighted by Gasteiger charge is 2.48. The number of piperazine rings is 1. The van der Waals surface area contributed by atoms with Gasteiger partial charge in [0.05, 0.1) is 6.61 Å². The predicted molar refractivity (Wildman–Crippen MR) is 82.9 cm³/mol. The zero-order valence-corrected chi connectivity index (χ0v) is 14.1. The Morgan fingerprint density at radius 3 is 2.33 bits per heavy atom. The Bertz CT molecular complexity index is 365. The molecule has 21 heavy (non-hydrogen) atoms. The molecule has 1 fully saturated rings. The van der Waals surface area contributed by atoms with Gasteiger partial charge in [-0.2, -0.15) is 0 Å². The van der Waals surface area contributed by atoms with Crippen molar-refractivity contribution >= 4 is 11.8 Å². The van der Waals surface area contributed by atoms with Crippen molar-refractivity contribution in [3.8, 4) is 0 Å². The summed E-state index contributed by atoms with van der Waals surface area (Å²) in [5.74, 6) is 0.375. The van der Waals surface area contributed by atoms with Gasteiger partial charge < -0.3 is 15.0 Å². The third-order valence-corrected chi connectivity index (χ3v) is 4.29. The first-order chi connectivity index (χ1) is 9.91. The standard InChI is InChI=1S/C16H30N2O3/c1-6-16(7-2)15(20)18(9-10-21-8-3)13(11-12(4)5)14(19)17-16/h12-13H,6-11H2,1-5H3,(H,17,19). The van der Waals surface area contributed by atoms with E-state index < -0.39 is 5.54 Å². The lowest BCUT2D eigenvalue weighted by Gasteiger charge is -2.46. The first-order valence-electron chi connectivity index (χ1n) is 8.12. The number of amides is 2. The van der Waals surface area contributed by atoms with E-state index in [0.717, 1.165) is 0 Å². The van der Waals surface area contributed by atoms with E-state index in [2.05, 4.69) is 19.2 Å². The number of carbonyl (C=O) groups is 2. The van der Waals surface area contributed by atoms with Crippen molar-refractivity contribution in [2.45, 2.75) is 65.5 Å². The number of ether oxygens (including phenoxy) is 1. The van der Waals surface area contributed by atoms with Gasteiger partial charge in [-0.25, -0.2) is 0 Å². The van der Waals surface area contributed by atoms with Gasteiger partial charge in [-0.3, -0.25) is 9.59 Å². The highest BCUT2D eigenvalue weighted by molar-refractivity contribution is 5.99. The Labute approximate surface area is 128 Å². The summed E-state index contributed by atoms with van der Waals surface area (Å²) in [4.78, 5) is 27.1. The second kappa shape index (κ2) is 7.78. The van der Waals surface area contributed by atoms with Gasteiger partial charge >= 0.3 is 0 Å². The zero-order valence-electron chi connectivity index (χ0n) is 14.1. The van der Waals surface area contributed by atoms with Gasteiger partial charge in [0.1, 0.15) is 11.6 Å². The smallest absolute Gasteiger partial charge is 0.249 e. The van der Waals surface area contributed by atoms with E-state index in [-0.39, 0.29) is 17.9 Å². The molecule has 0 spiro atoms. The van der Waals surface area contributed by atoms with Crippen LogP contribution in [0.25, 0.3) is 0 Å². The van der Waals surface area contributed by atoms with E-state index in [1.54, 1.807) is 4.90 Å². The van der Waals surface area contributed by atoms with Crippen molar-refractivity contribution in [1.29, 1.82) is 0 Å². The minimum Gasteiger partial charge on any atom is -0.380 e. The van der Waals surface area contributed by atoms with Gasteiger partial charge in [-0.05, 0) is 32.1 Å². The number of nitrogens with zero attached hydrogens (tertiary/aromatic N) is 1. The Hall–Kier alpha value is -1.10. The second-order valence-electron chi connectivity index (χ2n) is 6.12. The summed E-state index contributed by atoms with van der Waals surface area (Å²) < 4.78 is 5.38. The lowest BCUT2D eigenvalue weighted by molar-refractivity contribution is -0.157. The molecule has 0 aromatic heterocycles. The molecule has 0 aromatic carbocycles. The molecule has 1 unspecified atom stereocenters. The molecule has 1 heterocycles. The Balaban J connectivity index is 2.98. The molecule has 1 atom stereocenters. The van der Waals surface area contributed by atoms with Gasteiger partial charge in [0.25, 0.3) is 0 Å². The van der Waals surface area contributed by atoms with Crippen LogP contribution < -0.4 is 5.32 Å². The molecule has 1 rings (SSSR count). The summed E-state index contributed by atoms with van der Waals surface area (Å²) in [6.07, 6.45) is 1.93. The summed E-state index contributed by atoms with van der Waals surface area (Å²) in [5, 5.41) is 2.98. The predicted octanol–water partition coefficient (Wildman–Crippen LogP) is 1.95. The van der Waals surface area contributed by atoms with E-state index in [4.69, 9.17) is 4.74 Å². The van der Waals surface area contributed by atoms with Crippen LogP contribution in [0.3, 0.4) is 0 Å². The molecule has 0 saturated carbocycles. The number of carbonyl (C=O) groups excluding carboxylic acids is 2. The first-order valence-corrected chi connectivity index (χ1v) is 8.12. The van der Waals surface area contributed by atoms with Crippen molar-refractivity contribution in [2.24, 2.45) is 5.92 Å². The number of hydrogen-bond acceptors (Lipinski definition) is 3. The van der Waals surface area contributed by atoms with Crippen LogP contribution in [-0.4, -0.2) is 48.1 Å². The molecule has 1 aliphatic rings. The normalized spacial score (nSPS) is 21.8. The fourth-order valence-corrected chi connectivity index (χ4v) is 2.91. The largest absolute Gasteiger partial charge is 0.380 e. The Kier molecular flexibility index (Phi) is 6.65. The fraction of sp³-hybridized carbons (Fsp3) is 0.875. The second-order valence-corrected chi connectivity index (χ2v) is 6.12. The molecule has 0 aromatic rings. The molecule has 2 amide bonds. The highest BCUT2D eigenvalue weighted by Crippen LogP contribution is 2.27. The van der Waals surface area contributed by atoms with Gasteiger partial charge in [0, 0.05) is 13.2 Å². The van der Waals surface area contributed by atoms with Crippen LogP contribution in [0.4, 0.5) is 0 Å². The lowest BCUT2D eigenvalue weighted by Crippen LogP contribution is -2.70. The van der Waals surface area contributed by atoms with Crippen molar-refractivity contribution in [2.75, 3.05) is 19.8 Å². The number of nitrogens with one attached hydrogen (secondary N) is 1. The SMILES string of the molecule is CCOCCN1C(=O)C(CC)(CC)NC(=O)C1CC(C)C. The van der Waals surface area contributed by atoms with Crippen molar-refractivity contribution in [3.63, 3.8) is 0 Å². The molecule has 1 N–H and O–H groups in total. The maximum Gasteiger partial charge on any atom is 0.249 e. The minimum absolute atomic E-state index is 0.0245. The van der Waals surface area contributed by atoms with E-state index in [1.807, 2.05) is 20.8 Å². The van der Waals surface area contributed by atoms with Crippen LogP contribution in [-0.2, 0) is 14.3 Å². The summed E-state index contributed by atoms with van der Waals surface area (Å²) in [7, 11) is 0. The van der Waals surface area contributed by atoms with Gasteiger partial charge in [-0.15, -0.1) is 0 Å². The Morgan fingerprint density at radius 1 is 1.24 bits per heavy atom. The van der Waals surface area contributed by atoms with Crippen molar-refractivity contribution in [1.82, 2.24) is 10.2 Å². The van der Waals surface area contributed by atoms with Gasteiger partial charge in [-0.1, -0.05) is 27.7 Å². The zero-order chi connectivity index (χ0) is 16.0. The van der Waals surface area contributed by atoms with Crippen molar-refractivity contribution < 1.29 is 14.3 Å². The van der Waals surface area contributed by atoms with Crippen LogP contribution in [0.1, 0.15) is 53.9 Å². The summed E-state index contributed by atoms with van der Waals surface area (Å²) in [6.45, 7) is 11.6. The fourth-order valence-electron chi connectivity index (χ4n) is 2.91. The van der Waals surface area contributed by atoms with E-state index in [9.17, 15) is 9.59 Å². The minimum atomic E-state index is -0.739. The molecule has 122 valence electrons. The average molecular weight is 298 g/mol. The molecule has 0 radical (unpaired) electrons. The van der Waals surface area contributed by atoms with Crippen LogP contribution in [0.15, 0.2) is 0 Å². The molecule has 1 saturated heterocycles.